The molecule has 3 aromatic carbocycles. The SMILES string of the molecule is CC(C)(C(N)=O)/C(=C\c1cccc(-c2cc(C(C)(C)C#N)cc3cccnc23)c1)c1ccc(S(C)(=O)=O)cc1. The zero-order valence-electron chi connectivity index (χ0n) is 22.7. The number of hydrogen-bond donors (Lipinski definition) is 1. The number of carbonyl (C=O) groups excluding carboxylic acids is 1. The van der Waals surface area contributed by atoms with Gasteiger partial charge >= 0.3 is 0 Å². The molecular weight excluding hydrogens is 506 g/mol. The van der Waals surface area contributed by atoms with Gasteiger partial charge in [-0.3, -0.25) is 9.78 Å². The molecule has 4 aromatic rings. The third-order valence-electron chi connectivity index (χ3n) is 7.10. The molecule has 0 bridgehead atoms. The molecule has 4 rings (SSSR count). The molecule has 0 radical (unpaired) electrons. The number of amides is 1. The standard InChI is InChI=1S/C32H31N3O3S/c1-31(2,20-33)25-18-24-10-7-15-35-29(24)27(19-25)23-9-6-8-21(16-23)17-28(32(3,4)30(34)36)22-11-13-26(14-12-22)39(5,37)38/h6-19H,1-5H3,(H2,34,36)/b28-17-. The van der Waals surface area contributed by atoms with E-state index in [4.69, 9.17) is 5.73 Å². The van der Waals surface area contributed by atoms with E-state index in [1.54, 1.807) is 32.2 Å². The Balaban J connectivity index is 1.91. The summed E-state index contributed by atoms with van der Waals surface area (Å²) in [7, 11) is -3.36. The minimum atomic E-state index is -3.36. The number of pyridine rings is 1. The quantitative estimate of drug-likeness (QED) is 0.284. The van der Waals surface area contributed by atoms with Gasteiger partial charge in [-0.2, -0.15) is 5.26 Å². The van der Waals surface area contributed by atoms with Gasteiger partial charge in [0, 0.05) is 23.4 Å². The van der Waals surface area contributed by atoms with Gasteiger partial charge in [-0.05, 0) is 91.9 Å². The molecule has 0 spiro atoms. The number of nitrogens with zero attached hydrogens (tertiary/aromatic N) is 2. The van der Waals surface area contributed by atoms with Crippen LogP contribution < -0.4 is 5.73 Å². The van der Waals surface area contributed by atoms with Crippen molar-refractivity contribution in [3.8, 4) is 17.2 Å². The van der Waals surface area contributed by atoms with Crippen LogP contribution in [-0.2, 0) is 20.0 Å². The average molecular weight is 538 g/mol. The van der Waals surface area contributed by atoms with Crippen LogP contribution in [0.3, 0.4) is 0 Å². The van der Waals surface area contributed by atoms with Crippen LogP contribution in [0.1, 0.15) is 44.4 Å². The van der Waals surface area contributed by atoms with Crippen LogP contribution in [0.5, 0.6) is 0 Å². The summed E-state index contributed by atoms with van der Waals surface area (Å²) in [5.41, 5.74) is 9.80. The van der Waals surface area contributed by atoms with Crippen molar-refractivity contribution in [3.63, 3.8) is 0 Å². The number of sulfone groups is 1. The number of primary amides is 1. The van der Waals surface area contributed by atoms with E-state index in [0.717, 1.165) is 39.4 Å². The predicted molar refractivity (Wildman–Crippen MR) is 156 cm³/mol. The lowest BCUT2D eigenvalue weighted by atomic mass is 9.78. The van der Waals surface area contributed by atoms with Crippen LogP contribution in [0, 0.1) is 16.7 Å². The van der Waals surface area contributed by atoms with E-state index < -0.39 is 26.6 Å². The topological polar surface area (TPSA) is 114 Å². The lowest BCUT2D eigenvalue weighted by molar-refractivity contribution is -0.123. The molecule has 198 valence electrons. The minimum absolute atomic E-state index is 0.198. The second-order valence-electron chi connectivity index (χ2n) is 10.8. The molecule has 0 aliphatic rings. The van der Waals surface area contributed by atoms with Gasteiger partial charge in [0.25, 0.3) is 0 Å². The fraction of sp³-hybridized carbons (Fsp3) is 0.219. The lowest BCUT2D eigenvalue weighted by Crippen LogP contribution is -2.32. The highest BCUT2D eigenvalue weighted by Gasteiger charge is 2.31. The van der Waals surface area contributed by atoms with E-state index in [0.29, 0.717) is 11.1 Å². The van der Waals surface area contributed by atoms with Crippen molar-refractivity contribution >= 4 is 38.3 Å². The number of benzene rings is 3. The van der Waals surface area contributed by atoms with Gasteiger partial charge in [-0.15, -0.1) is 0 Å². The number of rotatable bonds is 7. The predicted octanol–water partition coefficient (Wildman–Crippen LogP) is 6.16. The zero-order valence-corrected chi connectivity index (χ0v) is 23.5. The van der Waals surface area contributed by atoms with Crippen molar-refractivity contribution in [2.24, 2.45) is 11.1 Å². The van der Waals surface area contributed by atoms with Gasteiger partial charge in [0.15, 0.2) is 9.84 Å². The number of nitriles is 1. The number of hydrogen-bond acceptors (Lipinski definition) is 5. The van der Waals surface area contributed by atoms with Gasteiger partial charge in [0.2, 0.25) is 5.91 Å². The highest BCUT2D eigenvalue weighted by molar-refractivity contribution is 7.90. The Bertz CT molecular complexity index is 1760. The first-order valence-electron chi connectivity index (χ1n) is 12.5. The summed E-state index contributed by atoms with van der Waals surface area (Å²) in [4.78, 5) is 17.3. The molecule has 0 saturated heterocycles. The number of nitrogens with two attached hydrogens (primary N) is 1. The monoisotopic (exact) mass is 537 g/mol. The van der Waals surface area contributed by atoms with Crippen molar-refractivity contribution in [3.05, 3.63) is 95.7 Å². The fourth-order valence-electron chi connectivity index (χ4n) is 4.44. The van der Waals surface area contributed by atoms with Crippen molar-refractivity contribution in [1.29, 1.82) is 5.26 Å². The molecule has 0 aliphatic heterocycles. The second-order valence-corrected chi connectivity index (χ2v) is 12.8. The Labute approximate surface area is 229 Å². The largest absolute Gasteiger partial charge is 0.369 e. The first kappa shape index (κ1) is 27.7. The van der Waals surface area contributed by atoms with Gasteiger partial charge in [0.05, 0.1) is 27.3 Å². The molecule has 1 heterocycles. The van der Waals surface area contributed by atoms with E-state index in [-0.39, 0.29) is 4.90 Å². The van der Waals surface area contributed by atoms with Crippen molar-refractivity contribution in [2.45, 2.75) is 38.0 Å². The lowest BCUT2D eigenvalue weighted by Gasteiger charge is -2.25. The molecule has 39 heavy (non-hydrogen) atoms. The molecular formula is C32H31N3O3S. The van der Waals surface area contributed by atoms with Crippen molar-refractivity contribution in [2.75, 3.05) is 6.26 Å². The summed E-state index contributed by atoms with van der Waals surface area (Å²) >= 11 is 0. The normalized spacial score (nSPS) is 12.8. The highest BCUT2D eigenvalue weighted by atomic mass is 32.2. The molecule has 2 N–H and O–H groups in total. The zero-order chi connectivity index (χ0) is 28.6. The highest BCUT2D eigenvalue weighted by Crippen LogP contribution is 2.38. The van der Waals surface area contributed by atoms with Crippen LogP contribution in [0.4, 0.5) is 0 Å². The Morgan fingerprint density at radius 2 is 1.67 bits per heavy atom. The summed E-state index contributed by atoms with van der Waals surface area (Å²) in [5.74, 6) is -0.501. The number of aromatic nitrogens is 1. The molecule has 0 atom stereocenters. The molecule has 1 aromatic heterocycles. The Morgan fingerprint density at radius 1 is 0.974 bits per heavy atom. The summed E-state index contributed by atoms with van der Waals surface area (Å²) < 4.78 is 23.9. The maximum atomic E-state index is 12.5. The van der Waals surface area contributed by atoms with Crippen LogP contribution in [0.25, 0.3) is 33.7 Å². The molecule has 0 saturated carbocycles. The number of carbonyl (C=O) groups is 1. The summed E-state index contributed by atoms with van der Waals surface area (Å²) in [5, 5.41) is 10.7. The van der Waals surface area contributed by atoms with Crippen LogP contribution in [0.2, 0.25) is 0 Å². The first-order valence-corrected chi connectivity index (χ1v) is 14.4. The van der Waals surface area contributed by atoms with Crippen LogP contribution >= 0.6 is 0 Å². The smallest absolute Gasteiger partial charge is 0.227 e. The van der Waals surface area contributed by atoms with Gasteiger partial charge in [0.1, 0.15) is 0 Å². The molecule has 0 fully saturated rings. The molecule has 6 nitrogen and oxygen atoms in total. The average Bonchev–Trinajstić information content (AvgIpc) is 2.90. The molecule has 0 unspecified atom stereocenters. The van der Waals surface area contributed by atoms with E-state index in [9.17, 15) is 18.5 Å². The fourth-order valence-corrected chi connectivity index (χ4v) is 5.07. The van der Waals surface area contributed by atoms with E-state index in [1.807, 2.05) is 68.5 Å². The van der Waals surface area contributed by atoms with Crippen molar-refractivity contribution in [1.82, 2.24) is 4.98 Å². The van der Waals surface area contributed by atoms with Gasteiger partial charge in [-0.25, -0.2) is 8.42 Å². The summed E-state index contributed by atoms with van der Waals surface area (Å²) in [6.45, 7) is 7.28. The summed E-state index contributed by atoms with van der Waals surface area (Å²) in [6.07, 6.45) is 4.81. The van der Waals surface area contributed by atoms with Crippen LogP contribution in [-0.4, -0.2) is 25.6 Å². The van der Waals surface area contributed by atoms with E-state index in [1.165, 1.54) is 12.1 Å². The second kappa shape index (κ2) is 10.1. The maximum Gasteiger partial charge on any atom is 0.227 e. The Kier molecular flexibility index (Phi) is 7.20. The van der Waals surface area contributed by atoms with E-state index in [2.05, 4.69) is 11.1 Å². The molecule has 0 aliphatic carbocycles. The van der Waals surface area contributed by atoms with Crippen LogP contribution in [0.15, 0.2) is 83.9 Å². The third kappa shape index (κ3) is 5.62. The third-order valence-corrected chi connectivity index (χ3v) is 8.23. The maximum absolute atomic E-state index is 12.5. The summed E-state index contributed by atoms with van der Waals surface area (Å²) in [6, 6.07) is 24.6. The Morgan fingerprint density at radius 3 is 2.28 bits per heavy atom. The number of fused-ring (bicyclic) bond motifs is 1. The van der Waals surface area contributed by atoms with Crippen molar-refractivity contribution < 1.29 is 13.2 Å². The molecule has 7 heteroatoms. The van der Waals surface area contributed by atoms with E-state index >= 15 is 0 Å². The Hall–Kier alpha value is -4.28. The minimum Gasteiger partial charge on any atom is -0.369 e. The first-order chi connectivity index (χ1) is 18.2. The van der Waals surface area contributed by atoms with Gasteiger partial charge in [-0.1, -0.05) is 42.5 Å². The van der Waals surface area contributed by atoms with Gasteiger partial charge < -0.3 is 5.73 Å². The molecule has 1 amide bonds.